The van der Waals surface area contributed by atoms with Crippen molar-refractivity contribution in [3.05, 3.63) is 11.1 Å². The Hall–Kier alpha value is -0.790. The quantitative estimate of drug-likeness (QED) is 0.387. The van der Waals surface area contributed by atoms with E-state index in [1.807, 2.05) is 6.92 Å². The zero-order chi connectivity index (χ0) is 11.1. The molecule has 0 spiro atoms. The minimum Gasteiger partial charge on any atom is -0.411 e. The van der Waals surface area contributed by atoms with Gasteiger partial charge in [-0.25, -0.2) is 0 Å². The summed E-state index contributed by atoms with van der Waals surface area (Å²) in [6, 6.07) is 0. The van der Waals surface area contributed by atoms with Gasteiger partial charge in [0.25, 0.3) is 0 Å². The summed E-state index contributed by atoms with van der Waals surface area (Å²) in [4.78, 5) is 0. The summed E-state index contributed by atoms with van der Waals surface area (Å²) in [5, 5.41) is 12.2. The second-order valence-corrected chi connectivity index (χ2v) is 5.53. The molecule has 14 heavy (non-hydrogen) atoms. The molecule has 2 heteroatoms. The van der Waals surface area contributed by atoms with Crippen molar-refractivity contribution >= 4 is 5.71 Å². The van der Waals surface area contributed by atoms with Crippen molar-refractivity contribution in [2.24, 2.45) is 16.0 Å². The number of oxime groups is 1. The van der Waals surface area contributed by atoms with Crippen molar-refractivity contribution in [2.75, 3.05) is 0 Å². The first-order chi connectivity index (χ1) is 6.24. The number of allylic oxidation sites excluding steroid dienone is 2. The molecule has 0 aromatic carbocycles. The van der Waals surface area contributed by atoms with Crippen LogP contribution < -0.4 is 0 Å². The zero-order valence-corrected chi connectivity index (χ0v) is 10.1. The minimum atomic E-state index is 0.0907. The van der Waals surface area contributed by atoms with E-state index in [0.717, 1.165) is 12.1 Å². The molecule has 0 saturated carbocycles. The molecule has 0 bridgehead atoms. The third-order valence-corrected chi connectivity index (χ3v) is 3.96. The summed E-state index contributed by atoms with van der Waals surface area (Å²) in [7, 11) is 0. The molecule has 1 aliphatic rings. The van der Waals surface area contributed by atoms with Crippen molar-refractivity contribution in [2.45, 2.75) is 48.0 Å². The molecule has 0 saturated heterocycles. The third-order valence-electron chi connectivity index (χ3n) is 3.96. The largest absolute Gasteiger partial charge is 0.411 e. The molecular weight excluding hydrogens is 174 g/mol. The highest BCUT2D eigenvalue weighted by atomic mass is 16.4. The number of rotatable bonds is 1. The van der Waals surface area contributed by atoms with Crippen LogP contribution in [0.15, 0.2) is 16.3 Å². The lowest BCUT2D eigenvalue weighted by atomic mass is 9.67. The first-order valence-electron chi connectivity index (χ1n) is 5.13. The van der Waals surface area contributed by atoms with Gasteiger partial charge in [-0.3, -0.25) is 0 Å². The summed E-state index contributed by atoms with van der Waals surface area (Å²) in [6.45, 7) is 13.0. The number of nitrogens with zero attached hydrogens (tertiary/aromatic N) is 1. The SMILES string of the molecule is CC(=NO)C1=C(C)CC(C)(C)C1(C)C. The highest BCUT2D eigenvalue weighted by Gasteiger charge is 2.46. The van der Waals surface area contributed by atoms with E-state index in [-0.39, 0.29) is 10.8 Å². The average molecular weight is 195 g/mol. The molecule has 1 aliphatic carbocycles. The fraction of sp³-hybridized carbons (Fsp3) is 0.750. The lowest BCUT2D eigenvalue weighted by Crippen LogP contribution is -2.31. The van der Waals surface area contributed by atoms with Gasteiger partial charge in [0, 0.05) is 0 Å². The van der Waals surface area contributed by atoms with Crippen LogP contribution in [0.1, 0.15) is 48.0 Å². The monoisotopic (exact) mass is 195 g/mol. The van der Waals surface area contributed by atoms with Gasteiger partial charge in [-0.15, -0.1) is 0 Å². The number of hydrogen-bond acceptors (Lipinski definition) is 2. The summed E-state index contributed by atoms with van der Waals surface area (Å²) in [5.41, 5.74) is 3.68. The van der Waals surface area contributed by atoms with E-state index < -0.39 is 0 Å². The highest BCUT2D eigenvalue weighted by Crippen LogP contribution is 2.55. The van der Waals surface area contributed by atoms with Gasteiger partial charge in [0.2, 0.25) is 0 Å². The predicted molar refractivity (Wildman–Crippen MR) is 59.8 cm³/mol. The molecule has 1 rings (SSSR count). The van der Waals surface area contributed by atoms with Gasteiger partial charge in [-0.05, 0) is 36.7 Å². The maximum atomic E-state index is 8.87. The molecule has 0 atom stereocenters. The number of hydrogen-bond donors (Lipinski definition) is 1. The smallest absolute Gasteiger partial charge is 0.0801 e. The van der Waals surface area contributed by atoms with Crippen LogP contribution in [0.2, 0.25) is 0 Å². The molecule has 80 valence electrons. The van der Waals surface area contributed by atoms with Crippen molar-refractivity contribution in [1.29, 1.82) is 0 Å². The Morgan fingerprint density at radius 2 is 1.79 bits per heavy atom. The van der Waals surface area contributed by atoms with E-state index in [4.69, 9.17) is 5.21 Å². The second kappa shape index (κ2) is 3.11. The first-order valence-corrected chi connectivity index (χ1v) is 5.13. The average Bonchev–Trinajstić information content (AvgIpc) is 2.16. The lowest BCUT2D eigenvalue weighted by molar-refractivity contribution is 0.182. The van der Waals surface area contributed by atoms with Gasteiger partial charge >= 0.3 is 0 Å². The van der Waals surface area contributed by atoms with Crippen LogP contribution in [0.4, 0.5) is 0 Å². The maximum Gasteiger partial charge on any atom is 0.0801 e. The van der Waals surface area contributed by atoms with E-state index in [9.17, 15) is 0 Å². The van der Waals surface area contributed by atoms with Crippen molar-refractivity contribution in [3.63, 3.8) is 0 Å². The summed E-state index contributed by atoms with van der Waals surface area (Å²) in [5.74, 6) is 0. The Bertz CT molecular complexity index is 308. The van der Waals surface area contributed by atoms with Crippen molar-refractivity contribution in [1.82, 2.24) is 0 Å². The highest BCUT2D eigenvalue weighted by molar-refractivity contribution is 6.00. The van der Waals surface area contributed by atoms with Crippen LogP contribution in [0.5, 0.6) is 0 Å². The molecular formula is C12H21NO. The van der Waals surface area contributed by atoms with Gasteiger partial charge in [0.1, 0.15) is 0 Å². The van der Waals surface area contributed by atoms with Gasteiger partial charge in [0.05, 0.1) is 5.71 Å². The van der Waals surface area contributed by atoms with Gasteiger partial charge in [0.15, 0.2) is 0 Å². The Kier molecular flexibility index (Phi) is 2.51. The molecule has 0 unspecified atom stereocenters. The van der Waals surface area contributed by atoms with Crippen LogP contribution >= 0.6 is 0 Å². The fourth-order valence-corrected chi connectivity index (χ4v) is 2.66. The summed E-state index contributed by atoms with van der Waals surface area (Å²) in [6.07, 6.45) is 1.09. The summed E-state index contributed by atoms with van der Waals surface area (Å²) < 4.78 is 0. The first kappa shape index (κ1) is 11.3. The van der Waals surface area contributed by atoms with Gasteiger partial charge in [-0.2, -0.15) is 0 Å². The molecule has 0 aromatic heterocycles. The van der Waals surface area contributed by atoms with E-state index in [1.54, 1.807) is 0 Å². The van der Waals surface area contributed by atoms with Crippen LogP contribution in [0.25, 0.3) is 0 Å². The fourth-order valence-electron chi connectivity index (χ4n) is 2.66. The lowest BCUT2D eigenvalue weighted by Gasteiger charge is -2.37. The molecule has 2 nitrogen and oxygen atoms in total. The van der Waals surface area contributed by atoms with Crippen LogP contribution in [-0.4, -0.2) is 10.9 Å². The van der Waals surface area contributed by atoms with E-state index >= 15 is 0 Å². The molecule has 0 heterocycles. The standard InChI is InChI=1S/C12H21NO/c1-8-7-11(3,4)12(5,6)10(8)9(2)13-14/h14H,7H2,1-6H3. The third kappa shape index (κ3) is 1.37. The van der Waals surface area contributed by atoms with Crippen molar-refractivity contribution in [3.8, 4) is 0 Å². The van der Waals surface area contributed by atoms with Crippen LogP contribution in [0, 0.1) is 10.8 Å². The Morgan fingerprint density at radius 1 is 1.29 bits per heavy atom. The van der Waals surface area contributed by atoms with Crippen molar-refractivity contribution < 1.29 is 5.21 Å². The normalized spacial score (nSPS) is 25.7. The molecule has 1 N–H and O–H groups in total. The van der Waals surface area contributed by atoms with Gasteiger partial charge < -0.3 is 5.21 Å². The summed E-state index contributed by atoms with van der Waals surface area (Å²) >= 11 is 0. The second-order valence-electron chi connectivity index (χ2n) is 5.53. The van der Waals surface area contributed by atoms with Crippen LogP contribution in [0.3, 0.4) is 0 Å². The topological polar surface area (TPSA) is 32.6 Å². The Balaban J connectivity index is 3.25. The molecule has 0 amide bonds. The Labute approximate surface area is 86.7 Å². The van der Waals surface area contributed by atoms with E-state index in [1.165, 1.54) is 11.1 Å². The zero-order valence-electron chi connectivity index (χ0n) is 10.1. The molecule has 0 aromatic rings. The van der Waals surface area contributed by atoms with E-state index in [0.29, 0.717) is 0 Å². The molecule has 0 radical (unpaired) electrons. The molecule has 0 fully saturated rings. The molecule has 0 aliphatic heterocycles. The van der Waals surface area contributed by atoms with E-state index in [2.05, 4.69) is 39.8 Å². The maximum absolute atomic E-state index is 8.87. The van der Waals surface area contributed by atoms with Crippen LogP contribution in [-0.2, 0) is 0 Å². The predicted octanol–water partition coefficient (Wildman–Crippen LogP) is 3.61. The Morgan fingerprint density at radius 3 is 2.07 bits per heavy atom. The van der Waals surface area contributed by atoms with Gasteiger partial charge in [-0.1, -0.05) is 38.4 Å². The minimum absolute atomic E-state index is 0.0907.